The Hall–Kier alpha value is -0.860. The zero-order valence-electron chi connectivity index (χ0n) is 8.20. The van der Waals surface area contributed by atoms with E-state index < -0.39 is 6.10 Å². The van der Waals surface area contributed by atoms with Crippen LogP contribution in [-0.4, -0.2) is 10.1 Å². The Bertz CT molecular complexity index is 325. The first-order valence-electron chi connectivity index (χ1n) is 4.54. The van der Waals surface area contributed by atoms with Crippen molar-refractivity contribution in [2.45, 2.75) is 25.9 Å². The van der Waals surface area contributed by atoms with Crippen LogP contribution in [-0.2, 0) is 0 Å². The third-order valence-electron chi connectivity index (χ3n) is 1.95. The molecule has 0 bridgehead atoms. The van der Waals surface area contributed by atoms with Gasteiger partial charge in [0.05, 0.1) is 16.8 Å². The maximum atomic E-state index is 9.76. The molecule has 2 nitrogen and oxygen atoms in total. The van der Waals surface area contributed by atoms with Crippen LogP contribution < -0.4 is 0 Å². The summed E-state index contributed by atoms with van der Waals surface area (Å²) in [5.41, 5.74) is 1.60. The summed E-state index contributed by atoms with van der Waals surface area (Å²) in [6, 6.07) is 3.48. The van der Waals surface area contributed by atoms with Gasteiger partial charge in [0, 0.05) is 6.20 Å². The van der Waals surface area contributed by atoms with Crippen LogP contribution in [0.4, 0.5) is 0 Å². The van der Waals surface area contributed by atoms with E-state index in [4.69, 9.17) is 11.6 Å². The van der Waals surface area contributed by atoms with Gasteiger partial charge in [-0.25, -0.2) is 0 Å². The van der Waals surface area contributed by atoms with E-state index in [2.05, 4.69) is 11.6 Å². The smallest absolute Gasteiger partial charge is 0.0977 e. The van der Waals surface area contributed by atoms with Gasteiger partial charge in [-0.3, -0.25) is 4.98 Å². The molecule has 1 unspecified atom stereocenters. The molecule has 0 aliphatic rings. The maximum Gasteiger partial charge on any atom is 0.0977 e. The third-order valence-corrected chi connectivity index (χ3v) is 2.27. The van der Waals surface area contributed by atoms with Crippen LogP contribution >= 0.6 is 11.6 Å². The lowest BCUT2D eigenvalue weighted by Crippen LogP contribution is -2.01. The highest BCUT2D eigenvalue weighted by Crippen LogP contribution is 2.24. The number of pyridine rings is 1. The summed E-state index contributed by atoms with van der Waals surface area (Å²) in [4.78, 5) is 4.04. The zero-order valence-corrected chi connectivity index (χ0v) is 8.96. The second-order valence-corrected chi connectivity index (χ2v) is 3.79. The van der Waals surface area contributed by atoms with Crippen LogP contribution in [0.1, 0.15) is 31.6 Å². The molecule has 76 valence electrons. The first-order chi connectivity index (χ1) is 6.61. The highest BCUT2D eigenvalue weighted by Gasteiger charge is 2.11. The van der Waals surface area contributed by atoms with Crippen molar-refractivity contribution < 1.29 is 5.11 Å². The summed E-state index contributed by atoms with van der Waals surface area (Å²) < 4.78 is 0. The van der Waals surface area contributed by atoms with Gasteiger partial charge >= 0.3 is 0 Å². The molecule has 0 saturated carbocycles. The molecule has 3 heteroatoms. The second-order valence-electron chi connectivity index (χ2n) is 3.38. The van der Waals surface area contributed by atoms with Crippen LogP contribution in [0.2, 0.25) is 5.02 Å². The van der Waals surface area contributed by atoms with E-state index in [1.165, 1.54) is 0 Å². The Balaban J connectivity index is 2.65. The fourth-order valence-corrected chi connectivity index (χ4v) is 1.41. The van der Waals surface area contributed by atoms with Gasteiger partial charge in [0.2, 0.25) is 0 Å². The van der Waals surface area contributed by atoms with Crippen molar-refractivity contribution in [2.24, 2.45) is 0 Å². The summed E-state index contributed by atoms with van der Waals surface area (Å²) in [7, 11) is 0. The Morgan fingerprint density at radius 2 is 2.43 bits per heavy atom. The monoisotopic (exact) mass is 211 g/mol. The SMILES string of the molecule is C=C(C)CCC(O)c1ncccc1Cl. The molecule has 14 heavy (non-hydrogen) atoms. The van der Waals surface area contributed by atoms with Crippen molar-refractivity contribution in [3.05, 3.63) is 41.2 Å². The normalized spacial score (nSPS) is 12.5. The van der Waals surface area contributed by atoms with Gasteiger partial charge in [-0.2, -0.15) is 0 Å². The minimum Gasteiger partial charge on any atom is -0.387 e. The summed E-state index contributed by atoms with van der Waals surface area (Å²) in [6.07, 6.45) is 2.44. The fourth-order valence-electron chi connectivity index (χ4n) is 1.16. The van der Waals surface area contributed by atoms with Gasteiger partial charge in [-0.1, -0.05) is 17.2 Å². The number of allylic oxidation sites excluding steroid dienone is 1. The topological polar surface area (TPSA) is 33.1 Å². The zero-order chi connectivity index (χ0) is 10.6. The Morgan fingerprint density at radius 3 is 3.00 bits per heavy atom. The van der Waals surface area contributed by atoms with Gasteiger partial charge < -0.3 is 5.11 Å². The fraction of sp³-hybridized carbons (Fsp3) is 0.364. The Labute approximate surface area is 89.2 Å². The van der Waals surface area contributed by atoms with Crippen molar-refractivity contribution in [3.63, 3.8) is 0 Å². The van der Waals surface area contributed by atoms with Crippen molar-refractivity contribution in [2.75, 3.05) is 0 Å². The standard InChI is InChI=1S/C11H14ClNO/c1-8(2)5-6-10(14)11-9(12)4-3-7-13-11/h3-4,7,10,14H,1,5-6H2,2H3. The van der Waals surface area contributed by atoms with E-state index >= 15 is 0 Å². The predicted octanol–water partition coefficient (Wildman–Crippen LogP) is 3.12. The quantitative estimate of drug-likeness (QED) is 0.777. The predicted molar refractivity (Wildman–Crippen MR) is 58.3 cm³/mol. The molecule has 0 spiro atoms. The van der Waals surface area contributed by atoms with Gasteiger partial charge in [-0.15, -0.1) is 6.58 Å². The second kappa shape index (κ2) is 5.13. The molecule has 0 radical (unpaired) electrons. The summed E-state index contributed by atoms with van der Waals surface area (Å²) >= 11 is 5.89. The molecule has 1 aromatic rings. The largest absolute Gasteiger partial charge is 0.387 e. The lowest BCUT2D eigenvalue weighted by atomic mass is 10.1. The van der Waals surface area contributed by atoms with Crippen molar-refractivity contribution in [1.82, 2.24) is 4.98 Å². The molecule has 1 aromatic heterocycles. The number of hydrogen-bond donors (Lipinski definition) is 1. The molecular formula is C11H14ClNO. The molecule has 0 saturated heterocycles. The molecule has 1 heterocycles. The van der Waals surface area contributed by atoms with Gasteiger partial charge in [0.25, 0.3) is 0 Å². The number of aromatic nitrogens is 1. The van der Waals surface area contributed by atoms with E-state index in [0.717, 1.165) is 12.0 Å². The molecule has 0 aromatic carbocycles. The van der Waals surface area contributed by atoms with Crippen LogP contribution in [0.15, 0.2) is 30.5 Å². The van der Waals surface area contributed by atoms with Crippen molar-refractivity contribution in [1.29, 1.82) is 0 Å². The average molecular weight is 212 g/mol. The molecule has 1 rings (SSSR count). The molecule has 0 amide bonds. The molecule has 1 atom stereocenters. The minimum absolute atomic E-state index is 0.515. The lowest BCUT2D eigenvalue weighted by molar-refractivity contribution is 0.163. The van der Waals surface area contributed by atoms with Crippen molar-refractivity contribution >= 4 is 11.6 Å². The maximum absolute atomic E-state index is 9.76. The highest BCUT2D eigenvalue weighted by molar-refractivity contribution is 6.31. The average Bonchev–Trinajstić information content (AvgIpc) is 2.15. The van der Waals surface area contributed by atoms with E-state index in [9.17, 15) is 5.11 Å². The third kappa shape index (κ3) is 3.13. The Kier molecular flexibility index (Phi) is 4.11. The summed E-state index contributed by atoms with van der Waals surface area (Å²) in [5, 5.41) is 10.3. The molecule has 1 N–H and O–H groups in total. The number of nitrogens with zero attached hydrogens (tertiary/aromatic N) is 1. The van der Waals surface area contributed by atoms with E-state index in [-0.39, 0.29) is 0 Å². The number of rotatable bonds is 4. The number of aliphatic hydroxyl groups excluding tert-OH is 1. The van der Waals surface area contributed by atoms with Crippen LogP contribution in [0.5, 0.6) is 0 Å². The van der Waals surface area contributed by atoms with Gasteiger partial charge in [0.1, 0.15) is 0 Å². The minimum atomic E-state index is -0.597. The van der Waals surface area contributed by atoms with Crippen LogP contribution in [0.3, 0.4) is 0 Å². The molecule has 0 fully saturated rings. The van der Waals surface area contributed by atoms with Gasteiger partial charge in [-0.05, 0) is 31.9 Å². The Morgan fingerprint density at radius 1 is 1.71 bits per heavy atom. The molecular weight excluding hydrogens is 198 g/mol. The van der Waals surface area contributed by atoms with Crippen LogP contribution in [0.25, 0.3) is 0 Å². The van der Waals surface area contributed by atoms with Crippen molar-refractivity contribution in [3.8, 4) is 0 Å². The number of hydrogen-bond acceptors (Lipinski definition) is 2. The van der Waals surface area contributed by atoms with Gasteiger partial charge in [0.15, 0.2) is 0 Å². The first-order valence-corrected chi connectivity index (χ1v) is 4.92. The number of halogens is 1. The number of aliphatic hydroxyl groups is 1. The first kappa shape index (κ1) is 11.2. The molecule has 0 aliphatic heterocycles. The summed E-state index contributed by atoms with van der Waals surface area (Å²) in [6.45, 7) is 5.72. The van der Waals surface area contributed by atoms with E-state index in [1.807, 2.05) is 6.92 Å². The lowest BCUT2D eigenvalue weighted by Gasteiger charge is -2.10. The summed E-state index contributed by atoms with van der Waals surface area (Å²) in [5.74, 6) is 0. The van der Waals surface area contributed by atoms with E-state index in [1.54, 1.807) is 18.3 Å². The van der Waals surface area contributed by atoms with Crippen LogP contribution in [0, 0.1) is 0 Å². The van der Waals surface area contributed by atoms with E-state index in [0.29, 0.717) is 17.1 Å². The highest BCUT2D eigenvalue weighted by atomic mass is 35.5. The molecule has 0 aliphatic carbocycles.